The third-order valence-electron chi connectivity index (χ3n) is 3.87. The molecule has 1 amide bonds. The molecule has 4 heteroatoms. The van der Waals surface area contributed by atoms with E-state index in [1.165, 1.54) is 12.8 Å². The summed E-state index contributed by atoms with van der Waals surface area (Å²) in [7, 11) is 0. The Hall–Kier alpha value is -1.71. The molecule has 0 bridgehead atoms. The van der Waals surface area contributed by atoms with Crippen molar-refractivity contribution in [1.29, 1.82) is 0 Å². The van der Waals surface area contributed by atoms with Crippen molar-refractivity contribution in [2.75, 3.05) is 17.2 Å². The van der Waals surface area contributed by atoms with Crippen LogP contribution < -0.4 is 10.6 Å². The Labute approximate surface area is 114 Å². The minimum absolute atomic E-state index is 0.377. The van der Waals surface area contributed by atoms with Crippen LogP contribution in [0, 0.1) is 5.41 Å². The smallest absolute Gasteiger partial charge is 0.411 e. The summed E-state index contributed by atoms with van der Waals surface area (Å²) in [5.74, 6) is 0. The van der Waals surface area contributed by atoms with Crippen LogP contribution in [0.2, 0.25) is 0 Å². The summed E-state index contributed by atoms with van der Waals surface area (Å²) < 4.78 is 4.83. The van der Waals surface area contributed by atoms with Gasteiger partial charge in [-0.15, -0.1) is 0 Å². The Kier molecular flexibility index (Phi) is 3.98. The van der Waals surface area contributed by atoms with Gasteiger partial charge in [-0.05, 0) is 56.4 Å². The van der Waals surface area contributed by atoms with Crippen molar-refractivity contribution in [1.82, 2.24) is 0 Å². The molecular formula is C15H22N2O2. The Morgan fingerprint density at radius 2 is 1.89 bits per heavy atom. The molecule has 2 rings (SSSR count). The van der Waals surface area contributed by atoms with Crippen LogP contribution in [0.1, 0.15) is 33.6 Å². The third kappa shape index (κ3) is 3.63. The van der Waals surface area contributed by atoms with Crippen LogP contribution >= 0.6 is 0 Å². The van der Waals surface area contributed by atoms with Gasteiger partial charge in [0.25, 0.3) is 0 Å². The van der Waals surface area contributed by atoms with E-state index in [4.69, 9.17) is 4.74 Å². The van der Waals surface area contributed by atoms with Gasteiger partial charge in [0, 0.05) is 17.4 Å². The van der Waals surface area contributed by atoms with E-state index in [1.807, 2.05) is 24.3 Å². The normalized spacial score (nSPS) is 17.4. The minimum Gasteiger partial charge on any atom is -0.450 e. The van der Waals surface area contributed by atoms with Crippen LogP contribution in [0.3, 0.4) is 0 Å². The zero-order valence-corrected chi connectivity index (χ0v) is 11.8. The van der Waals surface area contributed by atoms with Gasteiger partial charge in [-0.3, -0.25) is 5.32 Å². The van der Waals surface area contributed by atoms with Gasteiger partial charge in [0.15, 0.2) is 0 Å². The summed E-state index contributed by atoms with van der Waals surface area (Å²) >= 11 is 0. The highest BCUT2D eigenvalue weighted by atomic mass is 16.5. The first kappa shape index (κ1) is 13.7. The number of anilines is 2. The Bertz CT molecular complexity index is 438. The topological polar surface area (TPSA) is 50.4 Å². The SMILES string of the molecule is CCOC(=O)Nc1ccc(NC(C)C2(C)CC2)cc1. The molecule has 0 aromatic heterocycles. The van der Waals surface area contributed by atoms with Crippen molar-refractivity contribution in [2.24, 2.45) is 5.41 Å². The highest BCUT2D eigenvalue weighted by molar-refractivity contribution is 5.84. The predicted octanol–water partition coefficient (Wildman–Crippen LogP) is 3.86. The number of carbonyl (C=O) groups is 1. The van der Waals surface area contributed by atoms with E-state index in [9.17, 15) is 4.79 Å². The van der Waals surface area contributed by atoms with E-state index in [2.05, 4.69) is 24.5 Å². The molecule has 1 aliphatic rings. The molecule has 0 heterocycles. The number of carbonyl (C=O) groups excluding carboxylic acids is 1. The summed E-state index contributed by atoms with van der Waals surface area (Å²) in [6.45, 7) is 6.69. The maximum Gasteiger partial charge on any atom is 0.411 e. The van der Waals surface area contributed by atoms with Crippen LogP contribution in [0.5, 0.6) is 0 Å². The average molecular weight is 262 g/mol. The molecule has 1 saturated carbocycles. The number of hydrogen-bond acceptors (Lipinski definition) is 3. The Balaban J connectivity index is 1.89. The van der Waals surface area contributed by atoms with E-state index in [0.717, 1.165) is 11.4 Å². The maximum absolute atomic E-state index is 11.3. The summed E-state index contributed by atoms with van der Waals surface area (Å²) in [4.78, 5) is 11.3. The molecular weight excluding hydrogens is 240 g/mol. The van der Waals surface area contributed by atoms with Crippen LogP contribution in [-0.4, -0.2) is 18.7 Å². The molecule has 1 fully saturated rings. The third-order valence-corrected chi connectivity index (χ3v) is 3.87. The zero-order valence-electron chi connectivity index (χ0n) is 11.8. The van der Waals surface area contributed by atoms with Crippen LogP contribution in [0.4, 0.5) is 16.2 Å². The van der Waals surface area contributed by atoms with Crippen LogP contribution in [0.15, 0.2) is 24.3 Å². The average Bonchev–Trinajstić information content (AvgIpc) is 3.11. The highest BCUT2D eigenvalue weighted by Crippen LogP contribution is 2.48. The van der Waals surface area contributed by atoms with E-state index >= 15 is 0 Å². The lowest BCUT2D eigenvalue weighted by Gasteiger charge is -2.21. The first-order valence-corrected chi connectivity index (χ1v) is 6.84. The molecule has 0 spiro atoms. The lowest BCUT2D eigenvalue weighted by atomic mass is 10.0. The van der Waals surface area contributed by atoms with E-state index in [-0.39, 0.29) is 0 Å². The maximum atomic E-state index is 11.3. The van der Waals surface area contributed by atoms with E-state index in [0.29, 0.717) is 18.1 Å². The second-order valence-electron chi connectivity index (χ2n) is 5.44. The van der Waals surface area contributed by atoms with E-state index < -0.39 is 6.09 Å². The lowest BCUT2D eigenvalue weighted by molar-refractivity contribution is 0.168. The second kappa shape index (κ2) is 5.51. The van der Waals surface area contributed by atoms with Crippen molar-refractivity contribution < 1.29 is 9.53 Å². The molecule has 19 heavy (non-hydrogen) atoms. The van der Waals surface area contributed by atoms with E-state index in [1.54, 1.807) is 6.92 Å². The monoisotopic (exact) mass is 262 g/mol. The van der Waals surface area contributed by atoms with Crippen molar-refractivity contribution in [3.63, 3.8) is 0 Å². The standard InChI is InChI=1S/C15H22N2O2/c1-4-19-14(18)17-13-7-5-12(6-8-13)16-11(2)15(3)9-10-15/h5-8,11,16H,4,9-10H2,1-3H3,(H,17,18). The molecule has 0 saturated heterocycles. The number of ether oxygens (including phenoxy) is 1. The largest absolute Gasteiger partial charge is 0.450 e. The Morgan fingerprint density at radius 1 is 1.32 bits per heavy atom. The molecule has 0 aliphatic heterocycles. The van der Waals surface area contributed by atoms with Gasteiger partial charge in [0.2, 0.25) is 0 Å². The molecule has 4 nitrogen and oxygen atoms in total. The summed E-state index contributed by atoms with van der Waals surface area (Å²) in [5.41, 5.74) is 2.27. The fourth-order valence-electron chi connectivity index (χ4n) is 1.99. The number of hydrogen-bond donors (Lipinski definition) is 2. The van der Waals surface area contributed by atoms with Crippen molar-refractivity contribution in [3.8, 4) is 0 Å². The first-order chi connectivity index (χ1) is 9.03. The van der Waals surface area contributed by atoms with Crippen molar-refractivity contribution in [2.45, 2.75) is 39.7 Å². The molecule has 1 aliphatic carbocycles. The number of nitrogens with one attached hydrogen (secondary N) is 2. The van der Waals surface area contributed by atoms with Gasteiger partial charge in [-0.2, -0.15) is 0 Å². The van der Waals surface area contributed by atoms with Crippen LogP contribution in [0.25, 0.3) is 0 Å². The van der Waals surface area contributed by atoms with Gasteiger partial charge in [0.1, 0.15) is 0 Å². The van der Waals surface area contributed by atoms with Gasteiger partial charge in [-0.1, -0.05) is 6.92 Å². The molecule has 1 unspecified atom stereocenters. The fraction of sp³-hybridized carbons (Fsp3) is 0.533. The molecule has 0 radical (unpaired) electrons. The van der Waals surface area contributed by atoms with Crippen molar-refractivity contribution in [3.05, 3.63) is 24.3 Å². The van der Waals surface area contributed by atoms with Gasteiger partial charge < -0.3 is 10.1 Å². The fourth-order valence-corrected chi connectivity index (χ4v) is 1.99. The quantitative estimate of drug-likeness (QED) is 0.847. The number of rotatable bonds is 5. The summed E-state index contributed by atoms with van der Waals surface area (Å²) in [5, 5.41) is 6.18. The Morgan fingerprint density at radius 3 is 2.42 bits per heavy atom. The summed E-state index contributed by atoms with van der Waals surface area (Å²) in [6.07, 6.45) is 2.18. The van der Waals surface area contributed by atoms with Crippen LogP contribution in [-0.2, 0) is 4.74 Å². The highest BCUT2D eigenvalue weighted by Gasteiger charge is 2.42. The first-order valence-electron chi connectivity index (χ1n) is 6.84. The molecule has 104 valence electrons. The summed E-state index contributed by atoms with van der Waals surface area (Å²) in [6, 6.07) is 8.17. The zero-order chi connectivity index (χ0) is 13.9. The molecule has 2 N–H and O–H groups in total. The lowest BCUT2D eigenvalue weighted by Crippen LogP contribution is -2.24. The van der Waals surface area contributed by atoms with Gasteiger partial charge in [-0.25, -0.2) is 4.79 Å². The van der Waals surface area contributed by atoms with Gasteiger partial charge >= 0.3 is 6.09 Å². The minimum atomic E-state index is -0.415. The molecule has 1 aromatic rings. The predicted molar refractivity (Wildman–Crippen MR) is 77.5 cm³/mol. The molecule has 1 aromatic carbocycles. The number of amides is 1. The molecule has 1 atom stereocenters. The van der Waals surface area contributed by atoms with Crippen molar-refractivity contribution >= 4 is 17.5 Å². The van der Waals surface area contributed by atoms with Gasteiger partial charge in [0.05, 0.1) is 6.61 Å². The second-order valence-corrected chi connectivity index (χ2v) is 5.44. The number of benzene rings is 1.